The molecule has 0 aliphatic rings. The minimum atomic E-state index is 0.145. The summed E-state index contributed by atoms with van der Waals surface area (Å²) in [7, 11) is 0. The van der Waals surface area contributed by atoms with Gasteiger partial charge in [-0.2, -0.15) is 0 Å². The summed E-state index contributed by atoms with van der Waals surface area (Å²) >= 11 is 0. The molecule has 0 aromatic carbocycles. The van der Waals surface area contributed by atoms with Crippen LogP contribution in [-0.4, -0.2) is 11.9 Å². The maximum absolute atomic E-state index is 11.2. The zero-order chi connectivity index (χ0) is 10.1. The van der Waals surface area contributed by atoms with Gasteiger partial charge in [0.05, 0.1) is 0 Å². The number of nitrogens with one attached hydrogen (secondary N) is 1. The third-order valence-electron chi connectivity index (χ3n) is 1.99. The Balaban J connectivity index is 3.36. The van der Waals surface area contributed by atoms with E-state index in [-0.39, 0.29) is 5.91 Å². The Morgan fingerprint density at radius 1 is 1.54 bits per heavy atom. The van der Waals surface area contributed by atoms with Crippen LogP contribution in [0.25, 0.3) is 0 Å². The smallest absolute Gasteiger partial charge is 0.220 e. The molecular formula is C11H19NO. The predicted molar refractivity (Wildman–Crippen MR) is 55.2 cm³/mol. The first-order valence-corrected chi connectivity index (χ1v) is 4.93. The van der Waals surface area contributed by atoms with Crippen molar-refractivity contribution in [3.05, 3.63) is 0 Å². The highest BCUT2D eigenvalue weighted by Crippen LogP contribution is 1.99. The van der Waals surface area contributed by atoms with Crippen molar-refractivity contribution in [2.24, 2.45) is 0 Å². The van der Waals surface area contributed by atoms with E-state index in [1.807, 2.05) is 6.92 Å². The first kappa shape index (κ1) is 12.0. The number of hydrogen-bond acceptors (Lipinski definition) is 1. The lowest BCUT2D eigenvalue weighted by Gasteiger charge is -2.10. The van der Waals surface area contributed by atoms with E-state index in [0.29, 0.717) is 12.5 Å². The van der Waals surface area contributed by atoms with E-state index in [0.717, 1.165) is 25.7 Å². The molecule has 2 heteroatoms. The molecule has 0 spiro atoms. The fourth-order valence-corrected chi connectivity index (χ4v) is 0.962. The fourth-order valence-electron chi connectivity index (χ4n) is 0.962. The summed E-state index contributed by atoms with van der Waals surface area (Å²) in [4.78, 5) is 11.2. The zero-order valence-electron chi connectivity index (χ0n) is 8.60. The van der Waals surface area contributed by atoms with Crippen LogP contribution in [0.5, 0.6) is 0 Å². The fraction of sp³-hybridized carbons (Fsp3) is 0.727. The Morgan fingerprint density at radius 2 is 2.23 bits per heavy atom. The van der Waals surface area contributed by atoms with Crippen molar-refractivity contribution >= 4 is 5.91 Å². The summed E-state index contributed by atoms with van der Waals surface area (Å²) in [5.74, 6) is 2.71. The molecule has 0 aliphatic heterocycles. The highest BCUT2D eigenvalue weighted by Gasteiger charge is 2.03. The molecule has 0 fully saturated rings. The summed E-state index contributed by atoms with van der Waals surface area (Å²) in [5, 5.41) is 2.92. The molecule has 1 unspecified atom stereocenters. The van der Waals surface area contributed by atoms with Crippen molar-refractivity contribution < 1.29 is 4.79 Å². The van der Waals surface area contributed by atoms with E-state index in [4.69, 9.17) is 6.42 Å². The summed E-state index contributed by atoms with van der Waals surface area (Å²) in [6.07, 6.45) is 9.30. The molecule has 1 N–H and O–H groups in total. The summed E-state index contributed by atoms with van der Waals surface area (Å²) < 4.78 is 0. The van der Waals surface area contributed by atoms with Gasteiger partial charge in [-0.3, -0.25) is 4.79 Å². The van der Waals surface area contributed by atoms with E-state index < -0.39 is 0 Å². The zero-order valence-corrected chi connectivity index (χ0v) is 8.60. The van der Waals surface area contributed by atoms with Crippen LogP contribution in [0.4, 0.5) is 0 Å². The van der Waals surface area contributed by atoms with Crippen LogP contribution in [0, 0.1) is 12.3 Å². The van der Waals surface area contributed by atoms with Crippen molar-refractivity contribution in [1.82, 2.24) is 5.32 Å². The average Bonchev–Trinajstić information content (AvgIpc) is 2.12. The van der Waals surface area contributed by atoms with Crippen molar-refractivity contribution in [3.8, 4) is 12.3 Å². The second-order valence-electron chi connectivity index (χ2n) is 3.29. The standard InChI is InChI=1S/C11H19NO/c1-4-6-7-8-9-11(13)12-10(3)5-2/h1,10H,5-9H2,2-3H3,(H,12,13). The van der Waals surface area contributed by atoms with Crippen LogP contribution in [0.3, 0.4) is 0 Å². The Kier molecular flexibility index (Phi) is 7.10. The molecule has 0 aliphatic carbocycles. The molecule has 0 aromatic rings. The number of rotatable bonds is 6. The molecule has 13 heavy (non-hydrogen) atoms. The van der Waals surface area contributed by atoms with Crippen LogP contribution in [-0.2, 0) is 4.79 Å². The number of unbranched alkanes of at least 4 members (excludes halogenated alkanes) is 2. The maximum Gasteiger partial charge on any atom is 0.220 e. The van der Waals surface area contributed by atoms with Gasteiger partial charge in [-0.1, -0.05) is 6.92 Å². The maximum atomic E-state index is 11.2. The van der Waals surface area contributed by atoms with Gasteiger partial charge < -0.3 is 5.32 Å². The molecular weight excluding hydrogens is 162 g/mol. The van der Waals surface area contributed by atoms with Crippen molar-refractivity contribution in [1.29, 1.82) is 0 Å². The van der Waals surface area contributed by atoms with Crippen LogP contribution in [0.2, 0.25) is 0 Å². The van der Waals surface area contributed by atoms with Crippen LogP contribution in [0.15, 0.2) is 0 Å². The van der Waals surface area contributed by atoms with Gasteiger partial charge in [0.15, 0.2) is 0 Å². The van der Waals surface area contributed by atoms with Gasteiger partial charge in [-0.15, -0.1) is 12.3 Å². The lowest BCUT2D eigenvalue weighted by atomic mass is 10.2. The van der Waals surface area contributed by atoms with E-state index in [2.05, 4.69) is 18.2 Å². The molecule has 0 radical (unpaired) electrons. The highest BCUT2D eigenvalue weighted by atomic mass is 16.1. The summed E-state index contributed by atoms with van der Waals surface area (Å²) in [6, 6.07) is 0.292. The Labute approximate surface area is 81.1 Å². The van der Waals surface area contributed by atoms with E-state index >= 15 is 0 Å². The predicted octanol–water partition coefficient (Wildman–Crippen LogP) is 2.09. The monoisotopic (exact) mass is 181 g/mol. The Morgan fingerprint density at radius 3 is 2.77 bits per heavy atom. The lowest BCUT2D eigenvalue weighted by molar-refractivity contribution is -0.121. The molecule has 0 aromatic heterocycles. The minimum absolute atomic E-state index is 0.145. The topological polar surface area (TPSA) is 29.1 Å². The van der Waals surface area contributed by atoms with Gasteiger partial charge in [-0.25, -0.2) is 0 Å². The molecule has 0 saturated carbocycles. The van der Waals surface area contributed by atoms with E-state index in [1.165, 1.54) is 0 Å². The molecule has 0 rings (SSSR count). The number of hydrogen-bond donors (Lipinski definition) is 1. The lowest BCUT2D eigenvalue weighted by Crippen LogP contribution is -2.31. The summed E-state index contributed by atoms with van der Waals surface area (Å²) in [5.41, 5.74) is 0. The second-order valence-corrected chi connectivity index (χ2v) is 3.29. The van der Waals surface area contributed by atoms with Crippen LogP contribution < -0.4 is 5.32 Å². The SMILES string of the molecule is C#CCCCCC(=O)NC(C)CC. The Bertz CT molecular complexity index is 181. The second kappa shape index (κ2) is 7.67. The molecule has 0 bridgehead atoms. The first-order chi connectivity index (χ1) is 6.20. The third-order valence-corrected chi connectivity index (χ3v) is 1.99. The van der Waals surface area contributed by atoms with Crippen molar-refractivity contribution in [2.45, 2.75) is 52.0 Å². The quantitative estimate of drug-likeness (QED) is 0.493. The highest BCUT2D eigenvalue weighted by molar-refractivity contribution is 5.76. The van der Waals surface area contributed by atoms with Crippen molar-refractivity contribution in [3.63, 3.8) is 0 Å². The van der Waals surface area contributed by atoms with Crippen LogP contribution in [0.1, 0.15) is 46.0 Å². The van der Waals surface area contributed by atoms with Gasteiger partial charge in [0.25, 0.3) is 0 Å². The molecule has 1 atom stereocenters. The number of amides is 1. The molecule has 2 nitrogen and oxygen atoms in total. The third kappa shape index (κ3) is 7.39. The van der Waals surface area contributed by atoms with Gasteiger partial charge in [0.1, 0.15) is 0 Å². The molecule has 74 valence electrons. The number of terminal acetylenes is 1. The summed E-state index contributed by atoms with van der Waals surface area (Å²) in [6.45, 7) is 4.07. The van der Waals surface area contributed by atoms with Gasteiger partial charge >= 0.3 is 0 Å². The molecule has 0 heterocycles. The van der Waals surface area contributed by atoms with Gasteiger partial charge in [0.2, 0.25) is 5.91 Å². The van der Waals surface area contributed by atoms with Gasteiger partial charge in [-0.05, 0) is 26.2 Å². The Hall–Kier alpha value is -0.970. The van der Waals surface area contributed by atoms with Gasteiger partial charge in [0, 0.05) is 18.9 Å². The first-order valence-electron chi connectivity index (χ1n) is 4.93. The molecule has 0 saturated heterocycles. The normalized spacial score (nSPS) is 11.8. The largest absolute Gasteiger partial charge is 0.354 e. The van der Waals surface area contributed by atoms with Crippen molar-refractivity contribution in [2.75, 3.05) is 0 Å². The number of carbonyl (C=O) groups excluding carboxylic acids is 1. The minimum Gasteiger partial charge on any atom is -0.354 e. The van der Waals surface area contributed by atoms with E-state index in [9.17, 15) is 4.79 Å². The van der Waals surface area contributed by atoms with Crippen LogP contribution >= 0.6 is 0 Å². The molecule has 1 amide bonds. The van der Waals surface area contributed by atoms with E-state index in [1.54, 1.807) is 0 Å². The number of carbonyl (C=O) groups is 1. The average molecular weight is 181 g/mol.